The summed E-state index contributed by atoms with van der Waals surface area (Å²) in [5.41, 5.74) is 13.1. The van der Waals surface area contributed by atoms with Crippen molar-refractivity contribution in [1.82, 2.24) is 0 Å². The van der Waals surface area contributed by atoms with E-state index in [2.05, 4.69) is 60.6 Å². The fourth-order valence-corrected chi connectivity index (χ4v) is 2.48. The van der Waals surface area contributed by atoms with E-state index in [-0.39, 0.29) is 5.41 Å². The molecule has 1 aliphatic rings. The van der Waals surface area contributed by atoms with Crippen molar-refractivity contribution in [1.29, 1.82) is 0 Å². The van der Waals surface area contributed by atoms with Gasteiger partial charge in [-0.15, -0.1) is 0 Å². The summed E-state index contributed by atoms with van der Waals surface area (Å²) in [6.45, 7) is 9.05. The van der Waals surface area contributed by atoms with E-state index in [0.717, 1.165) is 12.1 Å². The molecule has 0 saturated carbocycles. The van der Waals surface area contributed by atoms with Gasteiger partial charge in [-0.25, -0.2) is 0 Å². The molecule has 0 atom stereocenters. The lowest BCUT2D eigenvalue weighted by atomic mass is 9.83. The molecule has 1 aliphatic heterocycles. The Morgan fingerprint density at radius 2 is 2.17 bits per heavy atom. The van der Waals surface area contributed by atoms with E-state index in [1.807, 2.05) is 0 Å². The molecule has 0 aromatic heterocycles. The summed E-state index contributed by atoms with van der Waals surface area (Å²) in [4.78, 5) is 4.92. The predicted molar refractivity (Wildman–Crippen MR) is 74.7 cm³/mol. The summed E-state index contributed by atoms with van der Waals surface area (Å²) >= 11 is 0. The van der Waals surface area contributed by atoms with Crippen LogP contribution in [-0.4, -0.2) is 13.6 Å². The molecular formula is C14H18N4. The molecule has 1 heterocycles. The second-order valence-corrected chi connectivity index (χ2v) is 5.19. The quantitative estimate of drug-likeness (QED) is 0.452. The first-order chi connectivity index (χ1) is 8.48. The van der Waals surface area contributed by atoms with Crippen LogP contribution in [0.1, 0.15) is 25.0 Å². The predicted octanol–water partition coefficient (Wildman–Crippen LogP) is 3.78. The summed E-state index contributed by atoms with van der Waals surface area (Å²) in [5, 5.41) is 3.58. The van der Waals surface area contributed by atoms with E-state index < -0.39 is 0 Å². The minimum atomic E-state index is -0.0292. The second-order valence-electron chi connectivity index (χ2n) is 5.19. The molecule has 94 valence electrons. The van der Waals surface area contributed by atoms with Gasteiger partial charge in [0.05, 0.1) is 0 Å². The Hall–Kier alpha value is -1.93. The van der Waals surface area contributed by atoms with Crippen molar-refractivity contribution < 1.29 is 0 Å². The first-order valence-corrected chi connectivity index (χ1v) is 6.06. The number of fused-ring (bicyclic) bond motifs is 1. The molecule has 1 aromatic carbocycles. The molecule has 4 nitrogen and oxygen atoms in total. The summed E-state index contributed by atoms with van der Waals surface area (Å²) in [6.07, 6.45) is 0.781. The number of hydrogen-bond donors (Lipinski definition) is 0. The van der Waals surface area contributed by atoms with E-state index in [1.165, 1.54) is 16.8 Å². The molecule has 0 aliphatic carbocycles. The van der Waals surface area contributed by atoms with Gasteiger partial charge in [0.1, 0.15) is 0 Å². The molecule has 0 spiro atoms. The number of anilines is 1. The maximum Gasteiger partial charge on any atom is 0.0447 e. The summed E-state index contributed by atoms with van der Waals surface area (Å²) in [5.74, 6) is 0. The summed E-state index contributed by atoms with van der Waals surface area (Å²) < 4.78 is 0. The van der Waals surface area contributed by atoms with Crippen LogP contribution in [-0.2, 0) is 11.8 Å². The van der Waals surface area contributed by atoms with Crippen molar-refractivity contribution in [3.63, 3.8) is 0 Å². The van der Waals surface area contributed by atoms with Crippen LogP contribution in [0.2, 0.25) is 0 Å². The van der Waals surface area contributed by atoms with Crippen LogP contribution in [0.5, 0.6) is 0 Å². The number of azide groups is 1. The van der Waals surface area contributed by atoms with E-state index in [0.29, 0.717) is 6.54 Å². The number of allylic oxidation sites excluding steroid dienone is 1. The van der Waals surface area contributed by atoms with Gasteiger partial charge in [-0.1, -0.05) is 37.7 Å². The number of nitrogens with zero attached hydrogens (tertiary/aromatic N) is 4. The Labute approximate surface area is 108 Å². The Bertz CT molecular complexity index is 539. The highest BCUT2D eigenvalue weighted by atomic mass is 15.2. The molecule has 0 N–H and O–H groups in total. The number of likely N-dealkylation sites (N-methyl/N-ethyl adjacent to an activating group) is 1. The molecular weight excluding hydrogens is 224 g/mol. The Morgan fingerprint density at radius 3 is 2.83 bits per heavy atom. The van der Waals surface area contributed by atoms with Gasteiger partial charge < -0.3 is 4.90 Å². The zero-order chi connectivity index (χ0) is 13.3. The third-order valence-corrected chi connectivity index (χ3v) is 3.79. The fraction of sp³-hybridized carbons (Fsp3) is 0.429. The zero-order valence-electron chi connectivity index (χ0n) is 11.1. The lowest BCUT2D eigenvalue weighted by Gasteiger charge is -2.22. The van der Waals surface area contributed by atoms with E-state index in [9.17, 15) is 0 Å². The van der Waals surface area contributed by atoms with E-state index >= 15 is 0 Å². The second kappa shape index (κ2) is 4.39. The summed E-state index contributed by atoms with van der Waals surface area (Å²) in [6, 6.07) is 6.43. The molecule has 1 aromatic rings. The smallest absolute Gasteiger partial charge is 0.0447 e. The molecule has 2 rings (SSSR count). The molecule has 4 heteroatoms. The SMILES string of the molecule is C=C1N(C)c2ccc(CCN=[N+]=[N-])cc2C1(C)C. The van der Waals surface area contributed by atoms with Crippen LogP contribution < -0.4 is 4.90 Å². The first-order valence-electron chi connectivity index (χ1n) is 6.06. The third-order valence-electron chi connectivity index (χ3n) is 3.79. The normalized spacial score (nSPS) is 16.4. The fourth-order valence-electron chi connectivity index (χ4n) is 2.48. The Balaban J connectivity index is 2.36. The van der Waals surface area contributed by atoms with Gasteiger partial charge in [-0.05, 0) is 29.1 Å². The van der Waals surface area contributed by atoms with Crippen molar-refractivity contribution in [3.05, 3.63) is 52.0 Å². The third kappa shape index (κ3) is 1.85. The Kier molecular flexibility index (Phi) is 3.05. The molecule has 18 heavy (non-hydrogen) atoms. The van der Waals surface area contributed by atoms with Gasteiger partial charge in [-0.3, -0.25) is 0 Å². The molecule has 0 bridgehead atoms. The highest BCUT2D eigenvalue weighted by Crippen LogP contribution is 2.46. The van der Waals surface area contributed by atoms with E-state index in [4.69, 9.17) is 5.53 Å². The van der Waals surface area contributed by atoms with Gasteiger partial charge in [0.2, 0.25) is 0 Å². The average molecular weight is 242 g/mol. The maximum atomic E-state index is 8.29. The van der Waals surface area contributed by atoms with Gasteiger partial charge in [-0.2, -0.15) is 0 Å². The highest BCUT2D eigenvalue weighted by molar-refractivity contribution is 5.69. The molecule has 0 radical (unpaired) electrons. The lowest BCUT2D eigenvalue weighted by Crippen LogP contribution is -2.21. The van der Waals surface area contributed by atoms with E-state index in [1.54, 1.807) is 0 Å². The largest absolute Gasteiger partial charge is 0.348 e. The van der Waals surface area contributed by atoms with Crippen LogP contribution in [0.25, 0.3) is 10.4 Å². The average Bonchev–Trinajstić information content (AvgIpc) is 2.52. The maximum absolute atomic E-state index is 8.29. The minimum absolute atomic E-state index is 0.0292. The molecule has 0 fully saturated rings. The zero-order valence-corrected chi connectivity index (χ0v) is 11.1. The van der Waals surface area contributed by atoms with Crippen molar-refractivity contribution in [2.24, 2.45) is 5.11 Å². The number of rotatable bonds is 3. The number of benzene rings is 1. The molecule has 0 amide bonds. The van der Waals surface area contributed by atoms with Crippen LogP contribution >= 0.6 is 0 Å². The molecule has 0 saturated heterocycles. The number of hydrogen-bond acceptors (Lipinski definition) is 2. The monoisotopic (exact) mass is 242 g/mol. The van der Waals surface area contributed by atoms with Crippen molar-refractivity contribution in [2.45, 2.75) is 25.7 Å². The lowest BCUT2D eigenvalue weighted by molar-refractivity contribution is 0.642. The summed E-state index contributed by atoms with van der Waals surface area (Å²) in [7, 11) is 2.05. The minimum Gasteiger partial charge on any atom is -0.348 e. The van der Waals surface area contributed by atoms with Gasteiger partial charge in [0, 0.05) is 35.3 Å². The Morgan fingerprint density at radius 1 is 1.44 bits per heavy atom. The van der Waals surface area contributed by atoms with Crippen LogP contribution in [0, 0.1) is 0 Å². The van der Waals surface area contributed by atoms with Crippen molar-refractivity contribution in [2.75, 3.05) is 18.5 Å². The van der Waals surface area contributed by atoms with Gasteiger partial charge >= 0.3 is 0 Å². The highest BCUT2D eigenvalue weighted by Gasteiger charge is 2.37. The van der Waals surface area contributed by atoms with Crippen LogP contribution in [0.15, 0.2) is 35.6 Å². The van der Waals surface area contributed by atoms with Crippen LogP contribution in [0.3, 0.4) is 0 Å². The molecule has 0 unspecified atom stereocenters. The van der Waals surface area contributed by atoms with Crippen LogP contribution in [0.4, 0.5) is 5.69 Å². The van der Waals surface area contributed by atoms with Crippen molar-refractivity contribution >= 4 is 5.69 Å². The standard InChI is InChI=1S/C14H18N4/c1-10-14(2,3)12-9-11(7-8-16-17-15)5-6-13(12)18(10)4/h5-6,9H,1,7-8H2,2-4H3. The van der Waals surface area contributed by atoms with Gasteiger partial charge in [0.15, 0.2) is 0 Å². The first kappa shape index (κ1) is 12.5. The van der Waals surface area contributed by atoms with Gasteiger partial charge in [0.25, 0.3) is 0 Å². The topological polar surface area (TPSA) is 52.0 Å². The van der Waals surface area contributed by atoms with Crippen molar-refractivity contribution in [3.8, 4) is 0 Å².